The molecule has 2 radical (unpaired) electrons. The van der Waals surface area contributed by atoms with Crippen LogP contribution in [-0.4, -0.2) is 5.66 Å². The molecule has 56 valence electrons. The highest BCUT2D eigenvalue weighted by atomic mass is 79.9. The van der Waals surface area contributed by atoms with Gasteiger partial charge in [0.15, 0.2) is 0 Å². The van der Waals surface area contributed by atoms with E-state index in [1.807, 2.05) is 0 Å². The predicted octanol–water partition coefficient (Wildman–Crippen LogP) is 3.89. The summed E-state index contributed by atoms with van der Waals surface area (Å²) in [6, 6.07) is 0. The summed E-state index contributed by atoms with van der Waals surface area (Å²) in [6.07, 6.45) is 6.96. The van der Waals surface area contributed by atoms with E-state index in [0.717, 1.165) is 5.66 Å². The van der Waals surface area contributed by atoms with Gasteiger partial charge in [0, 0.05) is 0 Å². The standard InChI is InChI=1S/C6H11P.2BrH/c7-6-4-2-1-3-5-6;;/h6H,1-5H2;2*1H. The van der Waals surface area contributed by atoms with Crippen molar-refractivity contribution in [3.05, 3.63) is 0 Å². The van der Waals surface area contributed by atoms with E-state index in [-0.39, 0.29) is 34.0 Å². The van der Waals surface area contributed by atoms with Crippen LogP contribution in [0.3, 0.4) is 0 Å². The Morgan fingerprint density at radius 3 is 1.56 bits per heavy atom. The number of rotatable bonds is 0. The van der Waals surface area contributed by atoms with Gasteiger partial charge in [-0.1, -0.05) is 19.3 Å². The summed E-state index contributed by atoms with van der Waals surface area (Å²) in [5.41, 5.74) is 0.730. The van der Waals surface area contributed by atoms with Crippen LogP contribution in [-0.2, 0) is 0 Å². The molecule has 1 aliphatic rings. The van der Waals surface area contributed by atoms with Crippen LogP contribution < -0.4 is 0 Å². The molecule has 0 atom stereocenters. The molecule has 0 aromatic carbocycles. The highest BCUT2D eigenvalue weighted by Gasteiger charge is 2.06. The Bertz CT molecular complexity index is 53.0. The quantitative estimate of drug-likeness (QED) is 0.589. The van der Waals surface area contributed by atoms with Gasteiger partial charge in [0.1, 0.15) is 0 Å². The molecular weight excluding hydrogens is 263 g/mol. The third-order valence-electron chi connectivity index (χ3n) is 1.57. The van der Waals surface area contributed by atoms with Gasteiger partial charge in [-0.3, -0.25) is 0 Å². The highest BCUT2D eigenvalue weighted by molar-refractivity contribution is 8.93. The van der Waals surface area contributed by atoms with E-state index in [4.69, 9.17) is 0 Å². The Kier molecular flexibility index (Phi) is 10.8. The summed E-state index contributed by atoms with van der Waals surface area (Å²) >= 11 is 0. The lowest BCUT2D eigenvalue weighted by Gasteiger charge is -2.14. The molecule has 0 unspecified atom stereocenters. The molecule has 0 amide bonds. The van der Waals surface area contributed by atoms with Crippen molar-refractivity contribution in [1.82, 2.24) is 0 Å². The van der Waals surface area contributed by atoms with Gasteiger partial charge < -0.3 is 0 Å². The van der Waals surface area contributed by atoms with Crippen LogP contribution in [0.5, 0.6) is 0 Å². The van der Waals surface area contributed by atoms with Gasteiger partial charge in [0.05, 0.1) is 0 Å². The minimum atomic E-state index is 0. The Morgan fingerprint density at radius 1 is 0.889 bits per heavy atom. The Morgan fingerprint density at radius 2 is 1.33 bits per heavy atom. The van der Waals surface area contributed by atoms with Gasteiger partial charge >= 0.3 is 0 Å². The van der Waals surface area contributed by atoms with E-state index in [1.165, 1.54) is 32.1 Å². The SMILES string of the molecule is Br.Br.[P]C1CCCCC1. The second-order valence-corrected chi connectivity index (χ2v) is 3.02. The molecule has 1 rings (SSSR count). The maximum Gasteiger partial charge on any atom is -0.0125 e. The molecule has 1 fully saturated rings. The van der Waals surface area contributed by atoms with Crippen molar-refractivity contribution < 1.29 is 0 Å². The van der Waals surface area contributed by atoms with E-state index in [0.29, 0.717) is 0 Å². The zero-order valence-electron chi connectivity index (χ0n) is 5.38. The van der Waals surface area contributed by atoms with Crippen molar-refractivity contribution in [3.8, 4) is 0 Å². The molecular formula is C6H13Br2P. The molecule has 0 saturated heterocycles. The normalized spacial score (nSPS) is 19.7. The van der Waals surface area contributed by atoms with Crippen molar-refractivity contribution in [2.24, 2.45) is 0 Å². The van der Waals surface area contributed by atoms with E-state index in [2.05, 4.69) is 9.24 Å². The molecule has 1 saturated carbocycles. The molecule has 0 bridgehead atoms. The summed E-state index contributed by atoms with van der Waals surface area (Å²) < 4.78 is 0. The van der Waals surface area contributed by atoms with Gasteiger partial charge in [0.2, 0.25) is 0 Å². The van der Waals surface area contributed by atoms with Crippen molar-refractivity contribution >= 4 is 43.2 Å². The Hall–Kier alpha value is 1.39. The first-order valence-electron chi connectivity index (χ1n) is 3.07. The molecule has 0 aliphatic heterocycles. The average Bonchev–Trinajstić information content (AvgIpc) is 1.69. The monoisotopic (exact) mass is 274 g/mol. The number of hydrogen-bond donors (Lipinski definition) is 0. The van der Waals surface area contributed by atoms with Crippen molar-refractivity contribution in [1.29, 1.82) is 0 Å². The topological polar surface area (TPSA) is 0 Å². The van der Waals surface area contributed by atoms with Crippen molar-refractivity contribution in [2.75, 3.05) is 0 Å². The fourth-order valence-corrected chi connectivity index (χ4v) is 1.45. The molecule has 1 aliphatic carbocycles. The van der Waals surface area contributed by atoms with Crippen LogP contribution in [0.25, 0.3) is 0 Å². The average molecular weight is 276 g/mol. The zero-order valence-corrected chi connectivity index (χ0v) is 9.70. The largest absolute Gasteiger partial charge is 0.114 e. The van der Waals surface area contributed by atoms with Gasteiger partial charge in [-0.25, -0.2) is 0 Å². The van der Waals surface area contributed by atoms with Crippen LogP contribution in [0.4, 0.5) is 0 Å². The Balaban J connectivity index is 0. The second-order valence-electron chi connectivity index (χ2n) is 2.29. The highest BCUT2D eigenvalue weighted by Crippen LogP contribution is 2.23. The van der Waals surface area contributed by atoms with E-state index >= 15 is 0 Å². The van der Waals surface area contributed by atoms with Gasteiger partial charge in [-0.15, -0.1) is 34.0 Å². The van der Waals surface area contributed by atoms with Gasteiger partial charge in [-0.2, -0.15) is 0 Å². The lowest BCUT2D eigenvalue weighted by Crippen LogP contribution is -2.02. The molecule has 0 aromatic heterocycles. The lowest BCUT2D eigenvalue weighted by atomic mass is 10.0. The molecule has 0 heterocycles. The lowest BCUT2D eigenvalue weighted by molar-refractivity contribution is 0.516. The fraction of sp³-hybridized carbons (Fsp3) is 1.00. The minimum Gasteiger partial charge on any atom is -0.114 e. The summed E-state index contributed by atoms with van der Waals surface area (Å²) in [7, 11) is 4.36. The number of halogens is 2. The molecule has 0 N–H and O–H groups in total. The van der Waals surface area contributed by atoms with Crippen molar-refractivity contribution in [3.63, 3.8) is 0 Å². The molecule has 0 spiro atoms. The van der Waals surface area contributed by atoms with Crippen LogP contribution in [0, 0.1) is 0 Å². The van der Waals surface area contributed by atoms with Gasteiger partial charge in [0.25, 0.3) is 0 Å². The minimum absolute atomic E-state index is 0. The summed E-state index contributed by atoms with van der Waals surface area (Å²) in [6.45, 7) is 0. The first kappa shape index (κ1) is 13.0. The summed E-state index contributed by atoms with van der Waals surface area (Å²) in [5.74, 6) is 0. The fourth-order valence-electron chi connectivity index (χ4n) is 1.08. The first-order chi connectivity index (χ1) is 3.39. The Labute approximate surface area is 80.9 Å². The van der Waals surface area contributed by atoms with Crippen molar-refractivity contribution in [2.45, 2.75) is 37.8 Å². The van der Waals surface area contributed by atoms with Crippen LogP contribution in [0.15, 0.2) is 0 Å². The molecule has 0 nitrogen and oxygen atoms in total. The van der Waals surface area contributed by atoms with E-state index in [1.54, 1.807) is 0 Å². The molecule has 3 heteroatoms. The van der Waals surface area contributed by atoms with E-state index in [9.17, 15) is 0 Å². The van der Waals surface area contributed by atoms with Crippen LogP contribution >= 0.6 is 43.2 Å². The number of hydrogen-bond acceptors (Lipinski definition) is 0. The van der Waals surface area contributed by atoms with Crippen LogP contribution in [0.2, 0.25) is 0 Å². The smallest absolute Gasteiger partial charge is 0.0125 e. The summed E-state index contributed by atoms with van der Waals surface area (Å²) in [5, 5.41) is 0. The van der Waals surface area contributed by atoms with Crippen LogP contribution in [0.1, 0.15) is 32.1 Å². The molecule has 9 heavy (non-hydrogen) atoms. The second kappa shape index (κ2) is 7.50. The predicted molar refractivity (Wildman–Crippen MR) is 54.4 cm³/mol. The maximum atomic E-state index is 4.36. The third-order valence-corrected chi connectivity index (χ3v) is 2.09. The maximum absolute atomic E-state index is 4.36. The summed E-state index contributed by atoms with van der Waals surface area (Å²) in [4.78, 5) is 0. The third kappa shape index (κ3) is 5.82. The van der Waals surface area contributed by atoms with E-state index < -0.39 is 0 Å². The first-order valence-corrected chi connectivity index (χ1v) is 3.59. The van der Waals surface area contributed by atoms with Gasteiger partial charge in [-0.05, 0) is 27.7 Å². The molecule has 0 aromatic rings. The zero-order chi connectivity index (χ0) is 5.11.